The van der Waals surface area contributed by atoms with Gasteiger partial charge in [0, 0.05) is 17.6 Å². The number of nitrogens with zero attached hydrogens (tertiary/aromatic N) is 3. The Morgan fingerprint density at radius 1 is 1.14 bits per heavy atom. The summed E-state index contributed by atoms with van der Waals surface area (Å²) in [5, 5.41) is 12.1. The molecule has 1 fully saturated rings. The molecule has 2 heterocycles. The first-order valence-electron chi connectivity index (χ1n) is 13.5. The molecular weight excluding hydrogens is 584 g/mol. The molecule has 1 saturated heterocycles. The summed E-state index contributed by atoms with van der Waals surface area (Å²) in [7, 11) is 1.67. The third-order valence-corrected chi connectivity index (χ3v) is 7.46. The Morgan fingerprint density at radius 3 is 2.57 bits per heavy atom. The van der Waals surface area contributed by atoms with Gasteiger partial charge in [0.05, 0.1) is 22.3 Å². The Kier molecular flexibility index (Phi) is 10.7. The molecule has 1 aromatic heterocycles. The SMILES string of the molecule is CN[C@@H](C)C(=O)N[C@H](C(=O)N1CCC[C@H]1C(=O)Nc1ccc2ncnc(Nc3cccc(Cl)c3F)c2c1)C(C)(C)C.Cl. The monoisotopic (exact) mass is 619 g/mol. The molecule has 13 heteroatoms. The highest BCUT2D eigenvalue weighted by atomic mass is 35.5. The van der Waals surface area contributed by atoms with E-state index in [1.165, 1.54) is 12.4 Å². The molecule has 1 aliphatic heterocycles. The highest BCUT2D eigenvalue weighted by Crippen LogP contribution is 2.30. The van der Waals surface area contributed by atoms with Crippen LogP contribution in [0.4, 0.5) is 21.6 Å². The van der Waals surface area contributed by atoms with Gasteiger partial charge in [0.25, 0.3) is 0 Å². The molecule has 4 rings (SSSR count). The molecule has 3 amide bonds. The molecule has 0 spiro atoms. The highest BCUT2D eigenvalue weighted by molar-refractivity contribution is 6.31. The van der Waals surface area contributed by atoms with Gasteiger partial charge in [-0.3, -0.25) is 14.4 Å². The van der Waals surface area contributed by atoms with Gasteiger partial charge in [-0.1, -0.05) is 38.4 Å². The van der Waals surface area contributed by atoms with Gasteiger partial charge in [-0.05, 0) is 62.6 Å². The van der Waals surface area contributed by atoms with Gasteiger partial charge in [0.15, 0.2) is 5.82 Å². The lowest BCUT2D eigenvalue weighted by Crippen LogP contribution is -2.59. The van der Waals surface area contributed by atoms with Gasteiger partial charge in [0.2, 0.25) is 17.7 Å². The number of carbonyl (C=O) groups excluding carboxylic acids is 3. The first-order chi connectivity index (χ1) is 19.4. The van der Waals surface area contributed by atoms with E-state index in [9.17, 15) is 18.8 Å². The van der Waals surface area contributed by atoms with Crippen LogP contribution in [0.1, 0.15) is 40.5 Å². The van der Waals surface area contributed by atoms with Gasteiger partial charge in [-0.25, -0.2) is 14.4 Å². The van der Waals surface area contributed by atoms with Crippen molar-refractivity contribution in [2.24, 2.45) is 5.41 Å². The molecule has 226 valence electrons. The minimum atomic E-state index is -0.808. The van der Waals surface area contributed by atoms with Crippen LogP contribution in [-0.2, 0) is 14.4 Å². The molecule has 2 aromatic carbocycles. The van der Waals surface area contributed by atoms with E-state index in [1.54, 1.807) is 49.2 Å². The number of carbonyl (C=O) groups is 3. The molecule has 0 bridgehead atoms. The minimum Gasteiger partial charge on any atom is -0.342 e. The number of amides is 3. The van der Waals surface area contributed by atoms with Crippen molar-refractivity contribution in [1.82, 2.24) is 25.5 Å². The predicted molar refractivity (Wildman–Crippen MR) is 165 cm³/mol. The highest BCUT2D eigenvalue weighted by Gasteiger charge is 2.42. The Morgan fingerprint density at radius 2 is 1.88 bits per heavy atom. The summed E-state index contributed by atoms with van der Waals surface area (Å²) in [6, 6.07) is 7.74. The van der Waals surface area contributed by atoms with Crippen LogP contribution in [0.2, 0.25) is 5.02 Å². The lowest BCUT2D eigenvalue weighted by Gasteiger charge is -2.36. The van der Waals surface area contributed by atoms with Gasteiger partial charge in [-0.2, -0.15) is 0 Å². The largest absolute Gasteiger partial charge is 0.342 e. The molecule has 4 N–H and O–H groups in total. The average Bonchev–Trinajstić information content (AvgIpc) is 3.43. The number of rotatable bonds is 8. The van der Waals surface area contributed by atoms with Crippen LogP contribution in [0.5, 0.6) is 0 Å². The molecule has 0 radical (unpaired) electrons. The zero-order chi connectivity index (χ0) is 29.9. The van der Waals surface area contributed by atoms with E-state index >= 15 is 0 Å². The molecule has 3 aromatic rings. The smallest absolute Gasteiger partial charge is 0.247 e. The predicted octanol–water partition coefficient (Wildman–Crippen LogP) is 4.66. The van der Waals surface area contributed by atoms with Crippen molar-refractivity contribution in [2.45, 2.75) is 58.7 Å². The molecule has 0 aliphatic carbocycles. The third kappa shape index (κ3) is 7.26. The quantitative estimate of drug-likeness (QED) is 0.289. The first kappa shape index (κ1) is 33.0. The summed E-state index contributed by atoms with van der Waals surface area (Å²) in [6.07, 6.45) is 2.51. The minimum absolute atomic E-state index is 0. The summed E-state index contributed by atoms with van der Waals surface area (Å²) >= 11 is 5.92. The fraction of sp³-hybridized carbons (Fsp3) is 0.414. The van der Waals surface area contributed by atoms with E-state index < -0.39 is 29.4 Å². The second kappa shape index (κ2) is 13.6. The van der Waals surface area contributed by atoms with E-state index in [-0.39, 0.29) is 40.8 Å². The van der Waals surface area contributed by atoms with Crippen LogP contribution in [0.3, 0.4) is 0 Å². The van der Waals surface area contributed by atoms with Gasteiger partial charge < -0.3 is 26.2 Å². The molecule has 10 nitrogen and oxygen atoms in total. The van der Waals surface area contributed by atoms with Crippen LogP contribution >= 0.6 is 24.0 Å². The second-order valence-corrected chi connectivity index (χ2v) is 11.6. The Balaban J connectivity index is 0.00000484. The van der Waals surface area contributed by atoms with Crippen LogP contribution in [0.25, 0.3) is 10.9 Å². The maximum Gasteiger partial charge on any atom is 0.247 e. The molecule has 42 heavy (non-hydrogen) atoms. The van der Waals surface area contributed by atoms with Crippen molar-refractivity contribution in [2.75, 3.05) is 24.2 Å². The number of hydrogen-bond acceptors (Lipinski definition) is 7. The Labute approximate surface area is 255 Å². The van der Waals surface area contributed by atoms with E-state index in [1.807, 2.05) is 20.8 Å². The van der Waals surface area contributed by atoms with Crippen molar-refractivity contribution in [3.63, 3.8) is 0 Å². The Bertz CT molecular complexity index is 1470. The summed E-state index contributed by atoms with van der Waals surface area (Å²) in [4.78, 5) is 49.9. The molecule has 0 saturated carbocycles. The maximum absolute atomic E-state index is 14.5. The maximum atomic E-state index is 14.5. The van der Waals surface area contributed by atoms with Crippen molar-refractivity contribution < 1.29 is 18.8 Å². The molecule has 3 atom stereocenters. The molecule has 1 aliphatic rings. The standard InChI is InChI=1S/C29H35ClFN7O3.ClH/c1-16(32-5)26(39)37-24(29(2,3)4)28(41)38-13-7-10-22(38)27(40)35-17-11-12-20-18(14-17)25(34-15-33-20)36-21-9-6-8-19(30)23(21)31;/h6,8-9,11-12,14-16,22,24,32H,7,10,13H2,1-5H3,(H,35,40)(H,37,39)(H,33,34,36);1H/t16-,22-,24+;/m0./s1. The van der Waals surface area contributed by atoms with Crippen molar-refractivity contribution in [1.29, 1.82) is 0 Å². The number of benzene rings is 2. The van der Waals surface area contributed by atoms with Crippen molar-refractivity contribution >= 4 is 69.8 Å². The summed E-state index contributed by atoms with van der Waals surface area (Å²) < 4.78 is 14.5. The second-order valence-electron chi connectivity index (χ2n) is 11.2. The Hall–Kier alpha value is -3.54. The number of halogens is 3. The number of hydrogen-bond donors (Lipinski definition) is 4. The normalized spacial score (nSPS) is 16.4. The van der Waals surface area contributed by atoms with Crippen LogP contribution in [0.15, 0.2) is 42.7 Å². The van der Waals surface area contributed by atoms with Crippen LogP contribution in [-0.4, -0.2) is 64.3 Å². The number of likely N-dealkylation sites (N-methyl/N-ethyl adjacent to an activating group) is 1. The van der Waals surface area contributed by atoms with Gasteiger partial charge in [-0.15, -0.1) is 12.4 Å². The number of fused-ring (bicyclic) bond motifs is 1. The topological polar surface area (TPSA) is 128 Å². The van der Waals surface area contributed by atoms with Gasteiger partial charge in [0.1, 0.15) is 24.2 Å². The number of nitrogens with one attached hydrogen (secondary N) is 4. The first-order valence-corrected chi connectivity index (χ1v) is 13.8. The number of likely N-dealkylation sites (tertiary alicyclic amines) is 1. The summed E-state index contributed by atoms with van der Waals surface area (Å²) in [6.45, 7) is 7.76. The lowest BCUT2D eigenvalue weighted by molar-refractivity contribution is -0.143. The fourth-order valence-electron chi connectivity index (χ4n) is 4.70. The molecule has 0 unspecified atom stereocenters. The van der Waals surface area contributed by atoms with Crippen LogP contribution in [0, 0.1) is 11.2 Å². The molecular formula is C29H36Cl2FN7O3. The van der Waals surface area contributed by atoms with E-state index in [0.29, 0.717) is 41.8 Å². The van der Waals surface area contributed by atoms with Gasteiger partial charge >= 0.3 is 0 Å². The summed E-state index contributed by atoms with van der Waals surface area (Å²) in [5.41, 5.74) is 0.625. The fourth-order valence-corrected chi connectivity index (χ4v) is 4.88. The average molecular weight is 621 g/mol. The van der Waals surface area contributed by atoms with E-state index in [2.05, 4.69) is 31.2 Å². The zero-order valence-electron chi connectivity index (χ0n) is 24.1. The number of aromatic nitrogens is 2. The zero-order valence-corrected chi connectivity index (χ0v) is 25.7. The van der Waals surface area contributed by atoms with Crippen molar-refractivity contribution in [3.05, 3.63) is 53.6 Å². The number of anilines is 3. The summed E-state index contributed by atoms with van der Waals surface area (Å²) in [5.74, 6) is -1.20. The van der Waals surface area contributed by atoms with E-state index in [4.69, 9.17) is 11.6 Å². The van der Waals surface area contributed by atoms with Crippen LogP contribution < -0.4 is 21.3 Å². The van der Waals surface area contributed by atoms with E-state index in [0.717, 1.165) is 0 Å². The lowest BCUT2D eigenvalue weighted by atomic mass is 9.85. The van der Waals surface area contributed by atoms with Crippen molar-refractivity contribution in [3.8, 4) is 0 Å². The third-order valence-electron chi connectivity index (χ3n) is 7.17.